The molecule has 0 fully saturated rings. The highest BCUT2D eigenvalue weighted by Gasteiger charge is 2.10. The lowest BCUT2D eigenvalue weighted by Gasteiger charge is -2.12. The van der Waals surface area contributed by atoms with E-state index >= 15 is 0 Å². The fourth-order valence-corrected chi connectivity index (χ4v) is 3.20. The molecule has 118 valence electrons. The van der Waals surface area contributed by atoms with Gasteiger partial charge in [0, 0.05) is 28.2 Å². The van der Waals surface area contributed by atoms with Crippen LogP contribution in [0.2, 0.25) is 0 Å². The van der Waals surface area contributed by atoms with Crippen LogP contribution in [0, 0.1) is 12.0 Å². The van der Waals surface area contributed by atoms with Gasteiger partial charge in [0.1, 0.15) is 0 Å². The average molecular weight is 337 g/mol. The maximum absolute atomic E-state index is 11.8. The molecule has 0 aliphatic carbocycles. The predicted molar refractivity (Wildman–Crippen MR) is 92.0 cm³/mol. The van der Waals surface area contributed by atoms with Gasteiger partial charge in [-0.05, 0) is 17.6 Å². The third-order valence-corrected chi connectivity index (χ3v) is 4.93. The van der Waals surface area contributed by atoms with Gasteiger partial charge in [-0.1, -0.05) is 30.4 Å². The van der Waals surface area contributed by atoms with Crippen molar-refractivity contribution in [1.82, 2.24) is 4.31 Å². The van der Waals surface area contributed by atoms with Gasteiger partial charge in [0.05, 0.1) is 18.6 Å². The first-order chi connectivity index (χ1) is 10.4. The summed E-state index contributed by atoms with van der Waals surface area (Å²) in [7, 11) is -4.48. The molecule has 4 nitrogen and oxygen atoms in total. The first-order valence-electron chi connectivity index (χ1n) is 6.52. The summed E-state index contributed by atoms with van der Waals surface area (Å²) >= 11 is 0. The van der Waals surface area contributed by atoms with Crippen LogP contribution in [0.5, 0.6) is 0 Å². The van der Waals surface area contributed by atoms with E-state index in [4.69, 9.17) is 0 Å². The van der Waals surface area contributed by atoms with E-state index in [0.717, 1.165) is 16.1 Å². The van der Waals surface area contributed by atoms with E-state index in [1.807, 2.05) is 18.2 Å². The van der Waals surface area contributed by atoms with Crippen molar-refractivity contribution in [3.63, 3.8) is 0 Å². The van der Waals surface area contributed by atoms with Crippen molar-refractivity contribution in [3.05, 3.63) is 60.7 Å². The van der Waals surface area contributed by atoms with Crippen LogP contribution in [-0.4, -0.2) is 35.5 Å². The molecule has 0 heterocycles. The minimum absolute atomic E-state index is 0.121. The Morgan fingerprint density at radius 1 is 1.27 bits per heavy atom. The van der Waals surface area contributed by atoms with Gasteiger partial charge in [0.25, 0.3) is 0 Å². The van der Waals surface area contributed by atoms with E-state index in [9.17, 15) is 12.6 Å². The predicted octanol–water partition coefficient (Wildman–Crippen LogP) is 1.88. The second-order valence-corrected chi connectivity index (χ2v) is 7.92. The normalized spacial score (nSPS) is 11.9. The summed E-state index contributed by atoms with van der Waals surface area (Å²) in [5, 5.41) is 0. The van der Waals surface area contributed by atoms with Crippen molar-refractivity contribution in [3.8, 4) is 12.0 Å². The van der Waals surface area contributed by atoms with Crippen LogP contribution in [0.1, 0.15) is 11.1 Å². The Hall–Kier alpha value is -1.84. The highest BCUT2D eigenvalue weighted by atomic mass is 32.2. The first-order valence-corrected chi connectivity index (χ1v) is 9.86. The molecule has 0 saturated carbocycles. The van der Waals surface area contributed by atoms with Crippen LogP contribution >= 0.6 is 0 Å². The Morgan fingerprint density at radius 3 is 2.55 bits per heavy atom. The van der Waals surface area contributed by atoms with E-state index in [-0.39, 0.29) is 6.54 Å². The molecule has 0 aliphatic heterocycles. The Labute approximate surface area is 135 Å². The topological polar surface area (TPSA) is 54.5 Å². The van der Waals surface area contributed by atoms with Crippen molar-refractivity contribution < 1.29 is 12.6 Å². The summed E-state index contributed by atoms with van der Waals surface area (Å²) in [5.74, 6) is 3.61. The van der Waals surface area contributed by atoms with E-state index in [1.165, 1.54) is 6.08 Å². The Morgan fingerprint density at radius 2 is 1.95 bits per heavy atom. The molecule has 0 saturated heterocycles. The van der Waals surface area contributed by atoms with Gasteiger partial charge in [0.2, 0.25) is 10.0 Å². The molecule has 1 rings (SSSR count). The van der Waals surface area contributed by atoms with Gasteiger partial charge in [0.15, 0.2) is 0 Å². The number of hydrogen-bond donors (Lipinski definition) is 0. The molecule has 0 amide bonds. The third-order valence-electron chi connectivity index (χ3n) is 2.65. The molecule has 0 aromatic heterocycles. The minimum atomic E-state index is -3.43. The Kier molecular flexibility index (Phi) is 7.09. The fraction of sp³-hybridized carbons (Fsp3) is 0.250. The van der Waals surface area contributed by atoms with Crippen LogP contribution in [0.3, 0.4) is 0 Å². The zero-order valence-corrected chi connectivity index (χ0v) is 14.1. The van der Waals surface area contributed by atoms with Crippen molar-refractivity contribution in [1.29, 1.82) is 0 Å². The molecule has 0 aliphatic rings. The summed E-state index contributed by atoms with van der Waals surface area (Å²) in [6, 6.07) is 9.89. The molecular formula is C16H19NO3S2. The number of rotatable bonds is 7. The highest BCUT2D eigenvalue weighted by molar-refractivity contribution is 7.88. The maximum atomic E-state index is 11.8. The Bertz CT molecular complexity index is 727. The lowest BCUT2D eigenvalue weighted by atomic mass is 10.1. The standard InChI is InChI=1S/C16H19NO3S2/c1-4-11-17(22(3,19)20)12-10-15-8-6-7-9-16(15)14-21(18)13-5-2/h4-9H,1-2,11,13-14H2,3H3. The van der Waals surface area contributed by atoms with Gasteiger partial charge in [-0.25, -0.2) is 12.7 Å². The summed E-state index contributed by atoms with van der Waals surface area (Å²) < 4.78 is 36.1. The monoisotopic (exact) mass is 337 g/mol. The molecule has 1 atom stereocenters. The lowest BCUT2D eigenvalue weighted by Crippen LogP contribution is -2.25. The molecule has 0 spiro atoms. The van der Waals surface area contributed by atoms with Crippen molar-refractivity contribution in [2.24, 2.45) is 0 Å². The van der Waals surface area contributed by atoms with E-state index in [1.54, 1.807) is 12.1 Å². The van der Waals surface area contributed by atoms with Gasteiger partial charge in [-0.3, -0.25) is 4.21 Å². The van der Waals surface area contributed by atoms with Gasteiger partial charge < -0.3 is 0 Å². The molecule has 1 aromatic rings. The molecule has 0 bridgehead atoms. The SMILES string of the molecule is C=CCN(C#Cc1ccccc1CS(=O)CC=C)S(C)(=O)=O. The number of hydrogen-bond acceptors (Lipinski definition) is 3. The van der Waals surface area contributed by atoms with Crippen LogP contribution < -0.4 is 0 Å². The van der Waals surface area contributed by atoms with E-state index in [2.05, 4.69) is 25.1 Å². The number of benzene rings is 1. The van der Waals surface area contributed by atoms with Crippen molar-refractivity contribution in [2.75, 3.05) is 18.6 Å². The van der Waals surface area contributed by atoms with E-state index < -0.39 is 20.8 Å². The van der Waals surface area contributed by atoms with Crippen LogP contribution in [0.25, 0.3) is 0 Å². The zero-order chi connectivity index (χ0) is 16.6. The van der Waals surface area contributed by atoms with Crippen molar-refractivity contribution in [2.45, 2.75) is 5.75 Å². The number of nitrogens with zero attached hydrogens (tertiary/aromatic N) is 1. The number of sulfonamides is 1. The second-order valence-electron chi connectivity index (χ2n) is 4.52. The summed E-state index contributed by atoms with van der Waals surface area (Å²) in [4.78, 5) is 0. The molecule has 0 N–H and O–H groups in total. The smallest absolute Gasteiger partial charge is 0.239 e. The Balaban J connectivity index is 3.08. The van der Waals surface area contributed by atoms with Gasteiger partial charge >= 0.3 is 0 Å². The molecule has 22 heavy (non-hydrogen) atoms. The van der Waals surface area contributed by atoms with E-state index in [0.29, 0.717) is 17.1 Å². The lowest BCUT2D eigenvalue weighted by molar-refractivity contribution is 0.539. The summed E-state index contributed by atoms with van der Waals surface area (Å²) in [5.41, 5.74) is 1.49. The quantitative estimate of drug-likeness (QED) is 0.434. The molecule has 0 radical (unpaired) electrons. The summed E-state index contributed by atoms with van der Waals surface area (Å²) in [6.07, 6.45) is 4.18. The molecule has 1 unspecified atom stereocenters. The van der Waals surface area contributed by atoms with Crippen LogP contribution in [-0.2, 0) is 26.6 Å². The van der Waals surface area contributed by atoms with Gasteiger partial charge in [-0.15, -0.1) is 13.2 Å². The molecule has 6 heteroatoms. The van der Waals surface area contributed by atoms with Gasteiger partial charge in [-0.2, -0.15) is 0 Å². The minimum Gasteiger partial charge on any atom is -0.259 e. The summed E-state index contributed by atoms with van der Waals surface area (Å²) in [6.45, 7) is 7.21. The molecule has 1 aromatic carbocycles. The van der Waals surface area contributed by atoms with Crippen LogP contribution in [0.15, 0.2) is 49.6 Å². The average Bonchev–Trinajstić information content (AvgIpc) is 2.44. The highest BCUT2D eigenvalue weighted by Crippen LogP contribution is 2.11. The zero-order valence-electron chi connectivity index (χ0n) is 12.5. The first kappa shape index (κ1) is 18.2. The fourth-order valence-electron chi connectivity index (χ4n) is 1.64. The second kappa shape index (κ2) is 8.57. The van der Waals surface area contributed by atoms with Crippen molar-refractivity contribution >= 4 is 20.8 Å². The maximum Gasteiger partial charge on any atom is 0.239 e. The third kappa shape index (κ3) is 5.88. The largest absolute Gasteiger partial charge is 0.259 e. The van der Waals surface area contributed by atoms with Crippen LogP contribution in [0.4, 0.5) is 0 Å². The molecular weight excluding hydrogens is 318 g/mol.